The fourth-order valence-electron chi connectivity index (χ4n) is 1.69. The van der Waals surface area contributed by atoms with Crippen LogP contribution in [0.15, 0.2) is 18.2 Å². The second-order valence-electron chi connectivity index (χ2n) is 4.34. The molecule has 0 spiro atoms. The second kappa shape index (κ2) is 8.06. The summed E-state index contributed by atoms with van der Waals surface area (Å²) < 4.78 is 18.3. The van der Waals surface area contributed by atoms with Gasteiger partial charge in [0.2, 0.25) is 0 Å². The van der Waals surface area contributed by atoms with Crippen molar-refractivity contribution >= 4 is 0 Å². The Morgan fingerprint density at radius 1 is 1.39 bits per heavy atom. The highest BCUT2D eigenvalue weighted by molar-refractivity contribution is 5.34. The molecule has 1 rings (SSSR count). The number of nitrogens with one attached hydrogen (secondary N) is 1. The van der Waals surface area contributed by atoms with E-state index in [-0.39, 0.29) is 11.8 Å². The van der Waals surface area contributed by atoms with Gasteiger partial charge < -0.3 is 15.2 Å². The highest BCUT2D eigenvalue weighted by Gasteiger charge is 2.10. The average molecular weight is 255 g/mol. The number of hydrogen-bond acceptors (Lipinski definition) is 3. The minimum absolute atomic E-state index is 0.0121. The quantitative estimate of drug-likeness (QED) is 0.702. The number of rotatable bonds is 8. The van der Waals surface area contributed by atoms with Crippen molar-refractivity contribution in [3.63, 3.8) is 0 Å². The zero-order valence-corrected chi connectivity index (χ0v) is 11.1. The first-order valence-corrected chi connectivity index (χ1v) is 6.44. The molecular weight excluding hydrogens is 233 g/mol. The van der Waals surface area contributed by atoms with Crippen LogP contribution in [0.1, 0.15) is 38.3 Å². The predicted molar refractivity (Wildman–Crippen MR) is 70.2 cm³/mol. The maximum Gasteiger partial charge on any atom is 0.126 e. The van der Waals surface area contributed by atoms with Gasteiger partial charge in [0.25, 0.3) is 0 Å². The lowest BCUT2D eigenvalue weighted by Crippen LogP contribution is -2.23. The van der Waals surface area contributed by atoms with Gasteiger partial charge in [-0.15, -0.1) is 0 Å². The molecule has 1 unspecified atom stereocenters. The van der Waals surface area contributed by atoms with Crippen molar-refractivity contribution in [2.45, 2.75) is 32.7 Å². The van der Waals surface area contributed by atoms with Crippen molar-refractivity contribution in [1.82, 2.24) is 5.32 Å². The lowest BCUT2D eigenvalue weighted by atomic mass is 10.1. The molecule has 1 aromatic carbocycles. The molecule has 4 heteroatoms. The van der Waals surface area contributed by atoms with E-state index in [1.54, 1.807) is 6.07 Å². The Hall–Kier alpha value is -1.13. The number of hydrogen-bond donors (Lipinski definition) is 2. The molecule has 1 atom stereocenters. The third-order valence-corrected chi connectivity index (χ3v) is 2.80. The molecule has 0 aliphatic heterocycles. The Balaban J connectivity index is 2.29. The number of phenolic OH excluding ortho intramolecular Hbond substituents is 1. The van der Waals surface area contributed by atoms with Crippen molar-refractivity contribution in [2.24, 2.45) is 0 Å². The first kappa shape index (κ1) is 14.9. The summed E-state index contributed by atoms with van der Waals surface area (Å²) >= 11 is 0. The number of ether oxygens (including phenoxy) is 1. The van der Waals surface area contributed by atoms with Gasteiger partial charge >= 0.3 is 0 Å². The van der Waals surface area contributed by atoms with Crippen molar-refractivity contribution < 1.29 is 14.2 Å². The molecule has 2 N–H and O–H groups in total. The van der Waals surface area contributed by atoms with E-state index in [0.717, 1.165) is 25.5 Å². The van der Waals surface area contributed by atoms with Crippen LogP contribution in [0, 0.1) is 5.82 Å². The predicted octanol–water partition coefficient (Wildman–Crippen LogP) is 3.00. The van der Waals surface area contributed by atoms with Gasteiger partial charge in [-0.2, -0.15) is 0 Å². The fourth-order valence-corrected chi connectivity index (χ4v) is 1.69. The first-order valence-electron chi connectivity index (χ1n) is 6.44. The average Bonchev–Trinajstić information content (AvgIpc) is 2.33. The number of halogens is 1. The molecule has 0 aromatic heterocycles. The van der Waals surface area contributed by atoms with E-state index in [0.29, 0.717) is 18.7 Å². The lowest BCUT2D eigenvalue weighted by molar-refractivity contribution is 0.131. The summed E-state index contributed by atoms with van der Waals surface area (Å²) in [7, 11) is 0. The molecule has 0 amide bonds. The van der Waals surface area contributed by atoms with Gasteiger partial charge in [-0.1, -0.05) is 19.4 Å². The molecule has 0 heterocycles. The molecule has 0 saturated carbocycles. The third-order valence-electron chi connectivity index (χ3n) is 2.80. The van der Waals surface area contributed by atoms with Crippen molar-refractivity contribution in [3.8, 4) is 5.75 Å². The Bertz CT molecular complexity index is 358. The van der Waals surface area contributed by atoms with Crippen LogP contribution in [0.5, 0.6) is 5.75 Å². The fraction of sp³-hybridized carbons (Fsp3) is 0.571. The van der Waals surface area contributed by atoms with Gasteiger partial charge in [0.15, 0.2) is 0 Å². The van der Waals surface area contributed by atoms with E-state index >= 15 is 0 Å². The number of aromatic hydroxyl groups is 1. The summed E-state index contributed by atoms with van der Waals surface area (Å²) in [4.78, 5) is 0. The molecule has 0 aliphatic rings. The molecular formula is C14H22FNO2. The Morgan fingerprint density at radius 2 is 2.17 bits per heavy atom. The summed E-state index contributed by atoms with van der Waals surface area (Å²) in [6.07, 6.45) is 2.21. The first-order chi connectivity index (χ1) is 8.65. The van der Waals surface area contributed by atoms with E-state index in [1.165, 1.54) is 6.07 Å². The molecule has 0 fully saturated rings. The van der Waals surface area contributed by atoms with Gasteiger partial charge in [0, 0.05) is 30.8 Å². The maximum atomic E-state index is 12.8. The molecule has 0 bridgehead atoms. The van der Waals surface area contributed by atoms with Crippen LogP contribution in [0.3, 0.4) is 0 Å². The van der Waals surface area contributed by atoms with Gasteiger partial charge in [-0.25, -0.2) is 4.39 Å². The Kier molecular flexibility index (Phi) is 6.68. The smallest absolute Gasteiger partial charge is 0.126 e. The van der Waals surface area contributed by atoms with Crippen LogP contribution in [0.2, 0.25) is 0 Å². The van der Waals surface area contributed by atoms with E-state index in [2.05, 4.69) is 12.2 Å². The standard InChI is InChI=1S/C14H22FNO2/c1-3-4-8-18-9-7-16-11(2)13-6-5-12(15)10-14(13)17/h5-6,10-11,16-17H,3-4,7-9H2,1-2H3. The Morgan fingerprint density at radius 3 is 2.83 bits per heavy atom. The van der Waals surface area contributed by atoms with E-state index in [9.17, 15) is 9.50 Å². The van der Waals surface area contributed by atoms with Gasteiger partial charge in [-0.05, 0) is 19.4 Å². The van der Waals surface area contributed by atoms with E-state index < -0.39 is 5.82 Å². The van der Waals surface area contributed by atoms with Gasteiger partial charge in [-0.3, -0.25) is 0 Å². The third kappa shape index (κ3) is 5.02. The summed E-state index contributed by atoms with van der Waals surface area (Å²) in [5.74, 6) is -0.437. The van der Waals surface area contributed by atoms with E-state index in [1.807, 2.05) is 6.92 Å². The summed E-state index contributed by atoms with van der Waals surface area (Å²) in [5.41, 5.74) is 0.699. The van der Waals surface area contributed by atoms with Crippen LogP contribution in [-0.4, -0.2) is 24.9 Å². The minimum Gasteiger partial charge on any atom is -0.508 e. The zero-order chi connectivity index (χ0) is 13.4. The highest BCUT2D eigenvalue weighted by Crippen LogP contribution is 2.24. The zero-order valence-electron chi connectivity index (χ0n) is 11.1. The van der Waals surface area contributed by atoms with Crippen LogP contribution < -0.4 is 5.32 Å². The summed E-state index contributed by atoms with van der Waals surface area (Å²) in [6.45, 7) is 6.20. The minimum atomic E-state index is -0.425. The van der Waals surface area contributed by atoms with Crippen molar-refractivity contribution in [2.75, 3.05) is 19.8 Å². The van der Waals surface area contributed by atoms with Crippen LogP contribution in [0.25, 0.3) is 0 Å². The van der Waals surface area contributed by atoms with Crippen LogP contribution >= 0.6 is 0 Å². The SMILES string of the molecule is CCCCOCCNC(C)c1ccc(F)cc1O. The van der Waals surface area contributed by atoms with Crippen LogP contribution in [-0.2, 0) is 4.74 Å². The van der Waals surface area contributed by atoms with Crippen molar-refractivity contribution in [1.29, 1.82) is 0 Å². The summed E-state index contributed by atoms with van der Waals surface area (Å²) in [6, 6.07) is 4.05. The lowest BCUT2D eigenvalue weighted by Gasteiger charge is -2.15. The number of phenols is 1. The maximum absolute atomic E-state index is 12.8. The molecule has 0 aliphatic carbocycles. The van der Waals surface area contributed by atoms with Gasteiger partial charge in [0.1, 0.15) is 11.6 Å². The van der Waals surface area contributed by atoms with Crippen LogP contribution in [0.4, 0.5) is 4.39 Å². The molecule has 18 heavy (non-hydrogen) atoms. The number of unbranched alkanes of at least 4 members (excludes halogenated alkanes) is 1. The molecule has 1 aromatic rings. The molecule has 0 saturated heterocycles. The molecule has 3 nitrogen and oxygen atoms in total. The molecule has 0 radical (unpaired) electrons. The highest BCUT2D eigenvalue weighted by atomic mass is 19.1. The molecule has 102 valence electrons. The topological polar surface area (TPSA) is 41.5 Å². The normalized spacial score (nSPS) is 12.6. The van der Waals surface area contributed by atoms with E-state index in [4.69, 9.17) is 4.74 Å². The monoisotopic (exact) mass is 255 g/mol. The van der Waals surface area contributed by atoms with Gasteiger partial charge in [0.05, 0.1) is 6.61 Å². The number of benzene rings is 1. The second-order valence-corrected chi connectivity index (χ2v) is 4.34. The largest absolute Gasteiger partial charge is 0.508 e. The van der Waals surface area contributed by atoms with Crippen molar-refractivity contribution in [3.05, 3.63) is 29.6 Å². The summed E-state index contributed by atoms with van der Waals surface area (Å²) in [5, 5.41) is 12.9. The Labute approximate surface area is 108 Å².